The van der Waals surface area contributed by atoms with Crippen molar-refractivity contribution >= 4 is 22.9 Å². The third-order valence-corrected chi connectivity index (χ3v) is 5.27. The molecule has 1 aliphatic carbocycles. The summed E-state index contributed by atoms with van der Waals surface area (Å²) in [7, 11) is 0. The summed E-state index contributed by atoms with van der Waals surface area (Å²) in [6, 6.07) is 0. The summed E-state index contributed by atoms with van der Waals surface area (Å²) in [5, 5.41) is 0. The largest absolute Gasteiger partial charge is 0.368 e. The van der Waals surface area contributed by atoms with Gasteiger partial charge in [0.05, 0.1) is 6.33 Å². The Balaban J connectivity index is 1.44. The maximum Gasteiger partial charge on any atom is 0.224 e. The van der Waals surface area contributed by atoms with E-state index in [1.165, 1.54) is 18.7 Å². The Kier molecular flexibility index (Phi) is 3.36. The van der Waals surface area contributed by atoms with Crippen molar-refractivity contribution in [2.24, 2.45) is 5.92 Å². The molecule has 1 saturated heterocycles. The van der Waals surface area contributed by atoms with Gasteiger partial charge in [0.25, 0.3) is 0 Å². The highest BCUT2D eigenvalue weighted by Gasteiger charge is 2.29. The van der Waals surface area contributed by atoms with Gasteiger partial charge in [-0.25, -0.2) is 9.97 Å². The van der Waals surface area contributed by atoms with Gasteiger partial charge in [0, 0.05) is 37.9 Å². The Morgan fingerprint density at radius 3 is 3.00 bits per heavy atom. The van der Waals surface area contributed by atoms with Crippen LogP contribution in [0.1, 0.15) is 37.4 Å². The zero-order chi connectivity index (χ0) is 16.8. The van der Waals surface area contributed by atoms with Gasteiger partial charge in [0.1, 0.15) is 11.3 Å². The van der Waals surface area contributed by atoms with Crippen molar-refractivity contribution in [3.05, 3.63) is 24.5 Å². The van der Waals surface area contributed by atoms with Gasteiger partial charge in [-0.1, -0.05) is 0 Å². The van der Waals surface area contributed by atoms with Crippen LogP contribution in [0.3, 0.4) is 0 Å². The topological polar surface area (TPSA) is 102 Å². The molecule has 130 valence electrons. The number of rotatable bonds is 4. The molecule has 5 rings (SSSR count). The maximum absolute atomic E-state index is 5.89. The molecule has 3 aromatic heterocycles. The third kappa shape index (κ3) is 2.71. The molecule has 2 fully saturated rings. The number of imidazole rings is 2. The van der Waals surface area contributed by atoms with Crippen LogP contribution >= 0.6 is 0 Å². The number of hydrogen-bond donors (Lipinski definition) is 2. The quantitative estimate of drug-likeness (QED) is 0.753. The van der Waals surface area contributed by atoms with Gasteiger partial charge in [-0.05, 0) is 31.6 Å². The van der Waals surface area contributed by atoms with Crippen molar-refractivity contribution in [1.29, 1.82) is 0 Å². The standard InChI is InChI=1S/C17H22N8/c18-17-22-14-13(20-10-21-14)16(23-17)24-6-1-2-12(9-24)15-19-5-7-25(15)8-11-3-4-11/h5,7,10-12H,1-4,6,8-9H2,(H3,18,20,21,22,23). The van der Waals surface area contributed by atoms with E-state index in [4.69, 9.17) is 5.73 Å². The SMILES string of the molecule is Nc1nc(N2CCCC(c3nccn3CC3CC3)C2)c2[nH]cnc2n1. The highest BCUT2D eigenvalue weighted by molar-refractivity contribution is 5.84. The van der Waals surface area contributed by atoms with Crippen molar-refractivity contribution in [2.75, 3.05) is 23.7 Å². The van der Waals surface area contributed by atoms with Crippen LogP contribution in [0.4, 0.5) is 11.8 Å². The molecule has 1 unspecified atom stereocenters. The summed E-state index contributed by atoms with van der Waals surface area (Å²) in [5.74, 6) is 3.59. The first-order chi connectivity index (χ1) is 12.3. The van der Waals surface area contributed by atoms with E-state index in [0.29, 0.717) is 11.6 Å². The van der Waals surface area contributed by atoms with Gasteiger partial charge in [-0.3, -0.25) is 0 Å². The molecule has 0 spiro atoms. The number of fused-ring (bicyclic) bond motifs is 1. The molecule has 0 bridgehead atoms. The van der Waals surface area contributed by atoms with E-state index in [9.17, 15) is 0 Å². The lowest BCUT2D eigenvalue weighted by Crippen LogP contribution is -2.36. The fourth-order valence-electron chi connectivity index (χ4n) is 3.86. The van der Waals surface area contributed by atoms with Crippen LogP contribution in [0.25, 0.3) is 11.2 Å². The number of aromatic nitrogens is 6. The molecule has 3 N–H and O–H groups in total. The zero-order valence-electron chi connectivity index (χ0n) is 14.1. The fraction of sp³-hybridized carbons (Fsp3) is 0.529. The van der Waals surface area contributed by atoms with Crippen LogP contribution in [-0.4, -0.2) is 42.6 Å². The van der Waals surface area contributed by atoms with E-state index in [1.54, 1.807) is 6.33 Å². The van der Waals surface area contributed by atoms with Gasteiger partial charge >= 0.3 is 0 Å². The summed E-state index contributed by atoms with van der Waals surface area (Å²) in [6.45, 7) is 2.97. The first-order valence-corrected chi connectivity index (χ1v) is 9.00. The molecule has 4 heterocycles. The van der Waals surface area contributed by atoms with Crippen LogP contribution in [0.2, 0.25) is 0 Å². The third-order valence-electron chi connectivity index (χ3n) is 5.27. The normalized spacial score (nSPS) is 21.1. The molecular weight excluding hydrogens is 316 g/mol. The molecule has 8 nitrogen and oxygen atoms in total. The second-order valence-electron chi connectivity index (χ2n) is 7.17. The van der Waals surface area contributed by atoms with E-state index in [-0.39, 0.29) is 5.95 Å². The zero-order valence-corrected chi connectivity index (χ0v) is 14.1. The van der Waals surface area contributed by atoms with Gasteiger partial charge in [0.15, 0.2) is 11.5 Å². The lowest BCUT2D eigenvalue weighted by Gasteiger charge is -2.33. The fourth-order valence-corrected chi connectivity index (χ4v) is 3.86. The van der Waals surface area contributed by atoms with E-state index >= 15 is 0 Å². The number of piperidine rings is 1. The van der Waals surface area contributed by atoms with Crippen LogP contribution in [0.5, 0.6) is 0 Å². The Morgan fingerprint density at radius 1 is 1.20 bits per heavy atom. The molecule has 1 saturated carbocycles. The first-order valence-electron chi connectivity index (χ1n) is 9.00. The number of aromatic amines is 1. The molecule has 0 radical (unpaired) electrons. The number of nitrogen functional groups attached to an aromatic ring is 1. The predicted molar refractivity (Wildman–Crippen MR) is 95.2 cm³/mol. The number of hydrogen-bond acceptors (Lipinski definition) is 6. The molecule has 0 aromatic carbocycles. The molecule has 25 heavy (non-hydrogen) atoms. The predicted octanol–water partition coefficient (Wildman–Crippen LogP) is 1.93. The number of H-pyrrole nitrogens is 1. The highest BCUT2D eigenvalue weighted by atomic mass is 15.2. The molecule has 8 heteroatoms. The number of nitrogens with two attached hydrogens (primary N) is 1. The summed E-state index contributed by atoms with van der Waals surface area (Å²) in [6.07, 6.45) is 10.7. The Bertz CT molecular complexity index is 893. The second-order valence-corrected chi connectivity index (χ2v) is 7.17. The minimum absolute atomic E-state index is 0.270. The van der Waals surface area contributed by atoms with E-state index in [2.05, 4.69) is 40.6 Å². The van der Waals surface area contributed by atoms with E-state index in [0.717, 1.165) is 49.7 Å². The van der Waals surface area contributed by atoms with Crippen LogP contribution in [-0.2, 0) is 6.54 Å². The van der Waals surface area contributed by atoms with Gasteiger partial charge in [0.2, 0.25) is 5.95 Å². The Labute approximate surface area is 145 Å². The highest BCUT2D eigenvalue weighted by Crippen LogP contribution is 2.34. The van der Waals surface area contributed by atoms with Gasteiger partial charge in [-0.15, -0.1) is 0 Å². The summed E-state index contributed by atoms with van der Waals surface area (Å²) < 4.78 is 2.35. The Hall–Kier alpha value is -2.64. The average Bonchev–Trinajstić information content (AvgIpc) is 3.11. The Morgan fingerprint density at radius 2 is 2.12 bits per heavy atom. The van der Waals surface area contributed by atoms with E-state index < -0.39 is 0 Å². The summed E-state index contributed by atoms with van der Waals surface area (Å²) in [5.41, 5.74) is 7.37. The van der Waals surface area contributed by atoms with Crippen LogP contribution in [0.15, 0.2) is 18.7 Å². The molecule has 2 aliphatic rings. The maximum atomic E-state index is 5.89. The van der Waals surface area contributed by atoms with Gasteiger partial charge in [-0.2, -0.15) is 9.97 Å². The molecular formula is C17H22N8. The average molecular weight is 338 g/mol. The smallest absolute Gasteiger partial charge is 0.224 e. The van der Waals surface area contributed by atoms with Crippen molar-refractivity contribution in [1.82, 2.24) is 29.5 Å². The lowest BCUT2D eigenvalue weighted by molar-refractivity contribution is 0.462. The van der Waals surface area contributed by atoms with Crippen LogP contribution in [0, 0.1) is 5.92 Å². The monoisotopic (exact) mass is 338 g/mol. The minimum Gasteiger partial charge on any atom is -0.368 e. The van der Waals surface area contributed by atoms with Crippen molar-refractivity contribution in [3.8, 4) is 0 Å². The molecule has 1 atom stereocenters. The molecule has 0 amide bonds. The van der Waals surface area contributed by atoms with Crippen molar-refractivity contribution in [3.63, 3.8) is 0 Å². The second kappa shape index (κ2) is 5.72. The lowest BCUT2D eigenvalue weighted by atomic mass is 9.97. The first kappa shape index (κ1) is 14.7. The van der Waals surface area contributed by atoms with Gasteiger partial charge < -0.3 is 20.2 Å². The van der Waals surface area contributed by atoms with Crippen LogP contribution < -0.4 is 10.6 Å². The number of nitrogens with one attached hydrogen (secondary N) is 1. The van der Waals surface area contributed by atoms with Crippen molar-refractivity contribution < 1.29 is 0 Å². The summed E-state index contributed by atoms with van der Waals surface area (Å²) in [4.78, 5) is 23.0. The number of anilines is 2. The molecule has 3 aromatic rings. The minimum atomic E-state index is 0.270. The van der Waals surface area contributed by atoms with E-state index in [1.807, 2.05) is 6.20 Å². The summed E-state index contributed by atoms with van der Waals surface area (Å²) >= 11 is 0. The number of nitrogens with zero attached hydrogens (tertiary/aromatic N) is 6. The van der Waals surface area contributed by atoms with Crippen molar-refractivity contribution in [2.45, 2.75) is 38.1 Å². The molecule has 1 aliphatic heterocycles.